The number of nitrogens with one attached hydrogen (secondary N) is 1. The summed E-state index contributed by atoms with van der Waals surface area (Å²) in [5.41, 5.74) is 4.79. The highest BCUT2D eigenvalue weighted by Gasteiger charge is 2.59. The fourth-order valence-corrected chi connectivity index (χ4v) is 5.01. The van der Waals surface area contributed by atoms with E-state index in [0.717, 1.165) is 5.92 Å². The van der Waals surface area contributed by atoms with Crippen molar-refractivity contribution < 1.29 is 0 Å². The molecule has 2 aliphatic rings. The monoisotopic (exact) mass is 286 g/mol. The van der Waals surface area contributed by atoms with Gasteiger partial charge < -0.3 is 10.2 Å². The molecule has 0 radical (unpaired) electrons. The molecule has 1 unspecified atom stereocenters. The van der Waals surface area contributed by atoms with Crippen molar-refractivity contribution in [1.29, 1.82) is 0 Å². The number of hydrogen-bond donors (Lipinski definition) is 1. The Labute approximate surface area is 129 Å². The number of hydrogen-bond acceptors (Lipinski definition) is 2. The summed E-state index contributed by atoms with van der Waals surface area (Å²) in [7, 11) is 4.24. The van der Waals surface area contributed by atoms with E-state index in [2.05, 4.69) is 70.2 Å². The van der Waals surface area contributed by atoms with Crippen molar-refractivity contribution in [1.82, 2.24) is 0 Å². The first-order chi connectivity index (χ1) is 9.74. The van der Waals surface area contributed by atoms with E-state index in [1.54, 1.807) is 0 Å². The van der Waals surface area contributed by atoms with E-state index in [0.29, 0.717) is 16.9 Å². The lowest BCUT2D eigenvalue weighted by atomic mass is 9.68. The molecule has 2 nitrogen and oxygen atoms in total. The van der Waals surface area contributed by atoms with Crippen LogP contribution in [0.1, 0.15) is 45.6 Å². The molecule has 0 amide bonds. The molecule has 116 valence electrons. The van der Waals surface area contributed by atoms with Crippen LogP contribution in [0.3, 0.4) is 0 Å². The molecule has 0 heterocycles. The van der Waals surface area contributed by atoms with Crippen LogP contribution in [0.25, 0.3) is 0 Å². The second-order valence-electron chi connectivity index (χ2n) is 8.39. The Kier molecular flexibility index (Phi) is 3.27. The highest BCUT2D eigenvalue weighted by molar-refractivity contribution is 5.62. The molecule has 3 rings (SSSR count). The van der Waals surface area contributed by atoms with Crippen LogP contribution >= 0.6 is 0 Å². The zero-order valence-electron chi connectivity index (χ0n) is 14.5. The third kappa shape index (κ3) is 2.23. The minimum absolute atomic E-state index is 0.399. The van der Waals surface area contributed by atoms with Gasteiger partial charge in [0.25, 0.3) is 0 Å². The minimum atomic E-state index is 0.399. The van der Waals surface area contributed by atoms with Gasteiger partial charge in [0.2, 0.25) is 0 Å². The Morgan fingerprint density at radius 1 is 1.19 bits per heavy atom. The summed E-state index contributed by atoms with van der Waals surface area (Å²) in [4.78, 5) is 2.20. The van der Waals surface area contributed by atoms with Crippen molar-refractivity contribution in [3.05, 3.63) is 23.8 Å². The molecular formula is C19H30N2. The lowest BCUT2D eigenvalue weighted by molar-refractivity contribution is 0.155. The second kappa shape index (κ2) is 4.66. The van der Waals surface area contributed by atoms with Crippen LogP contribution in [0, 0.1) is 23.7 Å². The van der Waals surface area contributed by atoms with Crippen LogP contribution in [-0.4, -0.2) is 20.1 Å². The molecular weight excluding hydrogens is 256 g/mol. The molecule has 3 atom stereocenters. The van der Waals surface area contributed by atoms with Gasteiger partial charge in [-0.05, 0) is 60.6 Å². The molecule has 0 aromatic heterocycles. The van der Waals surface area contributed by atoms with E-state index in [4.69, 9.17) is 0 Å². The number of rotatable bonds is 3. The molecule has 2 bridgehead atoms. The summed E-state index contributed by atoms with van der Waals surface area (Å²) in [6.45, 7) is 9.59. The fraction of sp³-hybridized carbons (Fsp3) is 0.684. The van der Waals surface area contributed by atoms with Gasteiger partial charge in [0.15, 0.2) is 0 Å². The van der Waals surface area contributed by atoms with E-state index < -0.39 is 0 Å². The Hall–Kier alpha value is -1.18. The maximum absolute atomic E-state index is 3.90. The molecule has 0 aliphatic heterocycles. The van der Waals surface area contributed by atoms with Crippen LogP contribution in [0.5, 0.6) is 0 Å². The first-order valence-corrected chi connectivity index (χ1v) is 8.28. The maximum atomic E-state index is 3.90. The number of aryl methyl sites for hydroxylation is 1. The lowest BCUT2D eigenvalue weighted by Gasteiger charge is -2.43. The molecule has 1 aromatic rings. The van der Waals surface area contributed by atoms with Crippen molar-refractivity contribution in [3.8, 4) is 0 Å². The van der Waals surface area contributed by atoms with Gasteiger partial charge >= 0.3 is 0 Å². The number of benzene rings is 1. The van der Waals surface area contributed by atoms with E-state index in [1.807, 2.05) is 0 Å². The maximum Gasteiger partial charge on any atom is 0.0411 e. The summed E-state index contributed by atoms with van der Waals surface area (Å²) in [5, 5.41) is 3.90. The molecule has 1 N–H and O–H groups in total. The van der Waals surface area contributed by atoms with Gasteiger partial charge in [0, 0.05) is 31.5 Å². The predicted molar refractivity (Wildman–Crippen MR) is 92.1 cm³/mol. The van der Waals surface area contributed by atoms with E-state index in [1.165, 1.54) is 36.2 Å². The van der Waals surface area contributed by atoms with Crippen LogP contribution in [0.4, 0.5) is 11.4 Å². The number of fused-ring (bicyclic) bond motifs is 2. The first-order valence-electron chi connectivity index (χ1n) is 8.28. The molecule has 2 fully saturated rings. The van der Waals surface area contributed by atoms with E-state index >= 15 is 0 Å². The largest absolute Gasteiger partial charge is 0.381 e. The summed E-state index contributed by atoms with van der Waals surface area (Å²) < 4.78 is 0. The third-order valence-electron chi connectivity index (χ3n) is 6.27. The van der Waals surface area contributed by atoms with E-state index in [9.17, 15) is 0 Å². The first kappa shape index (κ1) is 14.7. The molecule has 2 heteroatoms. The van der Waals surface area contributed by atoms with Gasteiger partial charge in [-0.25, -0.2) is 0 Å². The van der Waals surface area contributed by atoms with Crippen LogP contribution in [0.2, 0.25) is 0 Å². The van der Waals surface area contributed by atoms with Gasteiger partial charge in [-0.15, -0.1) is 0 Å². The summed E-state index contributed by atoms with van der Waals surface area (Å²) in [6, 6.07) is 7.37. The number of anilines is 2. The molecule has 1 aromatic carbocycles. The Balaban J connectivity index is 1.89. The molecule has 2 aliphatic carbocycles. The Morgan fingerprint density at radius 2 is 1.90 bits per heavy atom. The molecule has 0 saturated heterocycles. The van der Waals surface area contributed by atoms with Crippen molar-refractivity contribution in [2.24, 2.45) is 16.7 Å². The average Bonchev–Trinajstić information content (AvgIpc) is 2.87. The predicted octanol–water partition coefficient (Wildman–Crippen LogP) is 4.69. The van der Waals surface area contributed by atoms with Crippen LogP contribution in [-0.2, 0) is 0 Å². The van der Waals surface area contributed by atoms with Gasteiger partial charge in [-0.3, -0.25) is 0 Å². The zero-order chi connectivity index (χ0) is 15.4. The standard InChI is InChI=1S/C19H30N2/c1-13-7-8-15(11-16(13)21(5)6)20-17-18(2,3)14-9-10-19(17,4)12-14/h7-8,11,14,17,20H,9-10,12H2,1-6H3/t14-,17?,19+/m0/s1. The Bertz CT molecular complexity index is 542. The highest BCUT2D eigenvalue weighted by Crippen LogP contribution is 2.63. The summed E-state index contributed by atoms with van der Waals surface area (Å²) in [6.07, 6.45) is 4.19. The van der Waals surface area contributed by atoms with Gasteiger partial charge in [-0.1, -0.05) is 26.8 Å². The van der Waals surface area contributed by atoms with Crippen LogP contribution < -0.4 is 10.2 Å². The SMILES string of the molecule is Cc1ccc(NC2C(C)(C)[C@H]3CC[C@]2(C)C3)cc1N(C)C. The van der Waals surface area contributed by atoms with Crippen molar-refractivity contribution >= 4 is 11.4 Å². The fourth-order valence-electron chi connectivity index (χ4n) is 5.01. The molecule has 2 saturated carbocycles. The van der Waals surface area contributed by atoms with Crippen LogP contribution in [0.15, 0.2) is 18.2 Å². The van der Waals surface area contributed by atoms with E-state index in [-0.39, 0.29) is 0 Å². The second-order valence-corrected chi connectivity index (χ2v) is 8.39. The molecule has 21 heavy (non-hydrogen) atoms. The summed E-state index contributed by atoms with van der Waals surface area (Å²) >= 11 is 0. The zero-order valence-corrected chi connectivity index (χ0v) is 14.5. The highest BCUT2D eigenvalue weighted by atomic mass is 15.1. The summed E-state index contributed by atoms with van der Waals surface area (Å²) in [5.74, 6) is 0.888. The Morgan fingerprint density at radius 3 is 2.48 bits per heavy atom. The lowest BCUT2D eigenvalue weighted by Crippen LogP contribution is -2.45. The van der Waals surface area contributed by atoms with Crippen molar-refractivity contribution in [3.63, 3.8) is 0 Å². The van der Waals surface area contributed by atoms with Gasteiger partial charge in [-0.2, -0.15) is 0 Å². The average molecular weight is 286 g/mol. The van der Waals surface area contributed by atoms with Gasteiger partial charge in [0.05, 0.1) is 0 Å². The van der Waals surface area contributed by atoms with Crippen molar-refractivity contribution in [2.45, 2.75) is 53.0 Å². The van der Waals surface area contributed by atoms with Gasteiger partial charge in [0.1, 0.15) is 0 Å². The topological polar surface area (TPSA) is 15.3 Å². The normalized spacial score (nSPS) is 33.2. The minimum Gasteiger partial charge on any atom is -0.381 e. The van der Waals surface area contributed by atoms with Crippen molar-refractivity contribution in [2.75, 3.05) is 24.3 Å². The number of nitrogens with zero attached hydrogens (tertiary/aromatic N) is 1. The quantitative estimate of drug-likeness (QED) is 0.867. The molecule has 0 spiro atoms. The third-order valence-corrected chi connectivity index (χ3v) is 6.27. The smallest absolute Gasteiger partial charge is 0.0411 e.